The summed E-state index contributed by atoms with van der Waals surface area (Å²) in [7, 11) is 3.12. The predicted octanol–water partition coefficient (Wildman–Crippen LogP) is 3.31. The van der Waals surface area contributed by atoms with Gasteiger partial charge in [0.15, 0.2) is 17.3 Å². The van der Waals surface area contributed by atoms with Crippen molar-refractivity contribution in [3.05, 3.63) is 53.6 Å². The molecule has 0 bridgehead atoms. The fourth-order valence-corrected chi connectivity index (χ4v) is 3.05. The number of ketones is 1. The van der Waals surface area contributed by atoms with Gasteiger partial charge in [0.2, 0.25) is 0 Å². The van der Waals surface area contributed by atoms with Gasteiger partial charge in [-0.1, -0.05) is 24.3 Å². The predicted molar refractivity (Wildman–Crippen MR) is 92.4 cm³/mol. The minimum Gasteiger partial charge on any atom is -0.493 e. The molecule has 126 valence electrons. The standard InChI is InChI=1S/C18H18O5S/c1-22-16-8-7-13(10-17(16)23-2)24-11-15(19)14-6-4-3-5-12(14)9-18(20)21/h3-8,10H,9,11H2,1-2H3,(H,20,21). The largest absolute Gasteiger partial charge is 0.493 e. The van der Waals surface area contributed by atoms with Crippen molar-refractivity contribution < 1.29 is 24.2 Å². The van der Waals surface area contributed by atoms with Crippen LogP contribution in [0.2, 0.25) is 0 Å². The van der Waals surface area contributed by atoms with E-state index in [9.17, 15) is 9.59 Å². The van der Waals surface area contributed by atoms with Crippen LogP contribution >= 0.6 is 11.8 Å². The molecule has 24 heavy (non-hydrogen) atoms. The van der Waals surface area contributed by atoms with Crippen LogP contribution in [0.3, 0.4) is 0 Å². The first-order valence-electron chi connectivity index (χ1n) is 7.23. The summed E-state index contributed by atoms with van der Waals surface area (Å²) in [5, 5.41) is 8.95. The van der Waals surface area contributed by atoms with Gasteiger partial charge in [0.1, 0.15) is 0 Å². The maximum atomic E-state index is 12.4. The Hall–Kier alpha value is -2.47. The Bertz CT molecular complexity index is 742. The van der Waals surface area contributed by atoms with Crippen LogP contribution in [0.15, 0.2) is 47.4 Å². The molecule has 0 saturated heterocycles. The summed E-state index contributed by atoms with van der Waals surface area (Å²) in [6, 6.07) is 12.2. The summed E-state index contributed by atoms with van der Waals surface area (Å²) in [5.74, 6) is 0.377. The van der Waals surface area contributed by atoms with Gasteiger partial charge in [0.05, 0.1) is 26.4 Å². The molecule has 0 aromatic heterocycles. The van der Waals surface area contributed by atoms with Crippen LogP contribution in [0, 0.1) is 0 Å². The minimum absolute atomic E-state index is 0.105. The third-order valence-electron chi connectivity index (χ3n) is 3.38. The van der Waals surface area contributed by atoms with Crippen molar-refractivity contribution in [1.29, 1.82) is 0 Å². The second kappa shape index (κ2) is 8.40. The van der Waals surface area contributed by atoms with Gasteiger partial charge < -0.3 is 14.6 Å². The van der Waals surface area contributed by atoms with Crippen molar-refractivity contribution in [3.63, 3.8) is 0 Å². The average molecular weight is 346 g/mol. The number of rotatable bonds is 8. The number of aliphatic carboxylic acids is 1. The van der Waals surface area contributed by atoms with Crippen LogP contribution in [0.4, 0.5) is 0 Å². The first-order chi connectivity index (χ1) is 11.5. The quantitative estimate of drug-likeness (QED) is 0.584. The third kappa shape index (κ3) is 4.52. The van der Waals surface area contributed by atoms with E-state index in [1.807, 2.05) is 6.07 Å². The number of benzene rings is 2. The van der Waals surface area contributed by atoms with Crippen molar-refractivity contribution in [2.75, 3.05) is 20.0 Å². The Balaban J connectivity index is 2.10. The van der Waals surface area contributed by atoms with E-state index < -0.39 is 5.97 Å². The third-order valence-corrected chi connectivity index (χ3v) is 4.38. The molecule has 0 radical (unpaired) electrons. The molecular weight excluding hydrogens is 328 g/mol. The monoisotopic (exact) mass is 346 g/mol. The Morgan fingerprint density at radius 2 is 1.75 bits per heavy atom. The van der Waals surface area contributed by atoms with E-state index in [1.54, 1.807) is 50.6 Å². The lowest BCUT2D eigenvalue weighted by Gasteiger charge is -2.10. The molecule has 0 unspecified atom stereocenters. The zero-order valence-corrected chi connectivity index (χ0v) is 14.3. The number of Topliss-reactive ketones (excluding diaryl/α,β-unsaturated/α-hetero) is 1. The average Bonchev–Trinajstić information content (AvgIpc) is 2.59. The van der Waals surface area contributed by atoms with Gasteiger partial charge in [-0.3, -0.25) is 9.59 Å². The van der Waals surface area contributed by atoms with Gasteiger partial charge >= 0.3 is 5.97 Å². The summed E-state index contributed by atoms with van der Waals surface area (Å²) in [5.41, 5.74) is 0.982. The van der Waals surface area contributed by atoms with Crippen molar-refractivity contribution in [3.8, 4) is 11.5 Å². The van der Waals surface area contributed by atoms with E-state index in [4.69, 9.17) is 14.6 Å². The first kappa shape index (κ1) is 17.9. The smallest absolute Gasteiger partial charge is 0.307 e. The molecule has 2 rings (SSSR count). The second-order valence-electron chi connectivity index (χ2n) is 4.96. The molecule has 1 N–H and O–H groups in total. The highest BCUT2D eigenvalue weighted by molar-refractivity contribution is 8.00. The lowest BCUT2D eigenvalue weighted by Crippen LogP contribution is -2.10. The van der Waals surface area contributed by atoms with Crippen LogP contribution in [0.1, 0.15) is 15.9 Å². The maximum absolute atomic E-state index is 12.4. The van der Waals surface area contributed by atoms with Gasteiger partial charge in [-0.05, 0) is 23.8 Å². The van der Waals surface area contributed by atoms with Gasteiger partial charge in [-0.25, -0.2) is 0 Å². The summed E-state index contributed by atoms with van der Waals surface area (Å²) >= 11 is 1.37. The van der Waals surface area contributed by atoms with Crippen LogP contribution in [-0.4, -0.2) is 36.8 Å². The number of hydrogen-bond acceptors (Lipinski definition) is 5. The van der Waals surface area contributed by atoms with E-state index >= 15 is 0 Å². The molecule has 0 aliphatic heterocycles. The highest BCUT2D eigenvalue weighted by atomic mass is 32.2. The lowest BCUT2D eigenvalue weighted by atomic mass is 10.0. The van der Waals surface area contributed by atoms with Crippen LogP contribution in [0.5, 0.6) is 11.5 Å². The molecule has 0 aliphatic rings. The Morgan fingerprint density at radius 3 is 2.42 bits per heavy atom. The number of carbonyl (C=O) groups excluding carboxylic acids is 1. The van der Waals surface area contributed by atoms with E-state index in [0.717, 1.165) is 4.90 Å². The highest BCUT2D eigenvalue weighted by Crippen LogP contribution is 2.32. The zero-order chi connectivity index (χ0) is 17.5. The minimum atomic E-state index is -0.956. The number of carboxylic acid groups (broad SMARTS) is 1. The fourth-order valence-electron chi connectivity index (χ4n) is 2.24. The molecule has 2 aromatic rings. The Labute approximate surface area is 144 Å². The number of thioether (sulfide) groups is 1. The zero-order valence-electron chi connectivity index (χ0n) is 13.4. The summed E-state index contributed by atoms with van der Waals surface area (Å²) in [4.78, 5) is 24.2. The van der Waals surface area contributed by atoms with Crippen LogP contribution in [0.25, 0.3) is 0 Å². The van der Waals surface area contributed by atoms with Crippen molar-refractivity contribution in [2.45, 2.75) is 11.3 Å². The van der Waals surface area contributed by atoms with Gasteiger partial charge in [0, 0.05) is 10.5 Å². The number of carbonyl (C=O) groups is 2. The molecule has 0 heterocycles. The normalized spacial score (nSPS) is 10.2. The maximum Gasteiger partial charge on any atom is 0.307 e. The summed E-state index contributed by atoms with van der Waals surface area (Å²) < 4.78 is 10.4. The molecule has 0 amide bonds. The Kier molecular flexibility index (Phi) is 6.26. The number of hydrogen-bond donors (Lipinski definition) is 1. The van der Waals surface area contributed by atoms with E-state index in [-0.39, 0.29) is 18.0 Å². The molecule has 6 heteroatoms. The summed E-state index contributed by atoms with van der Waals surface area (Å²) in [6.07, 6.45) is -0.164. The molecule has 0 aliphatic carbocycles. The lowest BCUT2D eigenvalue weighted by molar-refractivity contribution is -0.136. The molecular formula is C18H18O5S. The number of carboxylic acids is 1. The van der Waals surface area contributed by atoms with E-state index in [0.29, 0.717) is 22.6 Å². The van der Waals surface area contributed by atoms with Crippen molar-refractivity contribution >= 4 is 23.5 Å². The second-order valence-corrected chi connectivity index (χ2v) is 6.01. The topological polar surface area (TPSA) is 72.8 Å². The van der Waals surface area contributed by atoms with E-state index in [2.05, 4.69) is 0 Å². The van der Waals surface area contributed by atoms with Crippen molar-refractivity contribution in [2.24, 2.45) is 0 Å². The number of methoxy groups -OCH3 is 2. The molecule has 0 saturated carbocycles. The number of ether oxygens (including phenoxy) is 2. The van der Waals surface area contributed by atoms with E-state index in [1.165, 1.54) is 11.8 Å². The fraction of sp³-hybridized carbons (Fsp3) is 0.222. The molecule has 0 atom stereocenters. The van der Waals surface area contributed by atoms with Gasteiger partial charge in [-0.2, -0.15) is 0 Å². The van der Waals surface area contributed by atoms with Gasteiger partial charge in [0.25, 0.3) is 0 Å². The molecule has 0 spiro atoms. The SMILES string of the molecule is COc1ccc(SCC(=O)c2ccccc2CC(=O)O)cc1OC. The Morgan fingerprint density at radius 1 is 1.04 bits per heavy atom. The summed E-state index contributed by atoms with van der Waals surface area (Å²) in [6.45, 7) is 0. The highest BCUT2D eigenvalue weighted by Gasteiger charge is 2.14. The van der Waals surface area contributed by atoms with Crippen LogP contribution < -0.4 is 9.47 Å². The molecule has 5 nitrogen and oxygen atoms in total. The van der Waals surface area contributed by atoms with Gasteiger partial charge in [-0.15, -0.1) is 11.8 Å². The van der Waals surface area contributed by atoms with Crippen LogP contribution in [-0.2, 0) is 11.2 Å². The molecule has 0 fully saturated rings. The van der Waals surface area contributed by atoms with Crippen molar-refractivity contribution in [1.82, 2.24) is 0 Å². The molecule has 2 aromatic carbocycles. The first-order valence-corrected chi connectivity index (χ1v) is 8.21.